The fourth-order valence-corrected chi connectivity index (χ4v) is 0. The van der Waals surface area contributed by atoms with E-state index in [4.69, 9.17) is 0 Å². The molecule has 0 aromatic heterocycles. The van der Waals surface area contributed by atoms with Crippen molar-refractivity contribution in [3.05, 3.63) is 0 Å². The molecule has 0 heterocycles. The van der Waals surface area contributed by atoms with Gasteiger partial charge in [-0.1, -0.05) is 0 Å². The Morgan fingerprint density at radius 1 is 1.00 bits per heavy atom. The van der Waals surface area contributed by atoms with E-state index in [0.717, 1.165) is 0 Å². The predicted molar refractivity (Wildman–Crippen MR) is 5.75 cm³/mol. The van der Waals surface area contributed by atoms with Gasteiger partial charge in [-0.3, -0.25) is 0 Å². The van der Waals surface area contributed by atoms with Gasteiger partial charge in [0.15, 0.2) is 0 Å². The first kappa shape index (κ1) is 27.3. The second-order valence-electron chi connectivity index (χ2n) is 0. The van der Waals surface area contributed by atoms with Crippen molar-refractivity contribution in [2.45, 2.75) is 0 Å². The summed E-state index contributed by atoms with van der Waals surface area (Å²) in [5.41, 5.74) is 0. The maximum Gasteiger partial charge on any atom is 0 e. The fourth-order valence-electron chi connectivity index (χ4n) is 0. The molecule has 0 atom stereocenters. The molecule has 0 N–H and O–H groups in total. The molecule has 0 aliphatic heterocycles. The molecular weight excluding hydrogens is 272 g/mol. The quantitative estimate of drug-likeness (QED) is 0.527. The molecule has 0 aliphatic carbocycles. The molecule has 0 aliphatic rings. The van der Waals surface area contributed by atoms with E-state index in [0.29, 0.717) is 0 Å². The molecule has 3 radical (unpaired) electrons. The molecule has 0 aromatic carbocycles. The van der Waals surface area contributed by atoms with Crippen LogP contribution in [-0.4, -0.2) is 45.5 Å². The normalized spacial score (nSPS) is 0. The molecule has 0 rings (SSSR count). The van der Waals surface area contributed by atoms with Crippen LogP contribution in [0, 0.1) is 0 Å². The summed E-state index contributed by atoms with van der Waals surface area (Å²) in [4.78, 5) is 0. The van der Waals surface area contributed by atoms with E-state index in [2.05, 4.69) is 0 Å². The summed E-state index contributed by atoms with van der Waals surface area (Å²) in [6, 6.07) is 0. The number of hydrogen-bond donors (Lipinski definition) is 0. The summed E-state index contributed by atoms with van der Waals surface area (Å²) in [7, 11) is 0. The van der Waals surface area contributed by atoms with Crippen molar-refractivity contribution in [3.8, 4) is 0 Å². The van der Waals surface area contributed by atoms with Crippen LogP contribution in [-0.2, 0) is 53.6 Å². The molecule has 0 bridgehead atoms. The Bertz CT molecular complexity index is 8.00. The molecule has 0 fully saturated rings. The van der Waals surface area contributed by atoms with Crippen LogP contribution in [0.15, 0.2) is 0 Å². The summed E-state index contributed by atoms with van der Waals surface area (Å²) in [5, 5.41) is 0. The van der Waals surface area contributed by atoms with Crippen molar-refractivity contribution in [3.63, 3.8) is 0 Å². The van der Waals surface area contributed by atoms with Gasteiger partial charge in [-0.2, -0.15) is 0 Å². The van der Waals surface area contributed by atoms with E-state index in [-0.39, 0.29) is 99.1 Å². The van der Waals surface area contributed by atoms with Crippen molar-refractivity contribution in [2.75, 3.05) is 0 Å². The van der Waals surface area contributed by atoms with Gasteiger partial charge < -0.3 is 0 Å². The van der Waals surface area contributed by atoms with Crippen molar-refractivity contribution < 1.29 is 53.6 Å². The maximum atomic E-state index is 0. The van der Waals surface area contributed by atoms with Crippen LogP contribution in [0.4, 0.5) is 0 Å². The van der Waals surface area contributed by atoms with E-state index in [1.165, 1.54) is 0 Å². The molecule has 4 heteroatoms. The monoisotopic (exact) mass is 271 g/mol. The fraction of sp³-hybridized carbons (Fsp3) is 0. The van der Waals surface area contributed by atoms with E-state index in [1.54, 1.807) is 0 Å². The molecule has 0 saturated carbocycles. The Balaban J connectivity index is 0. The number of hydrogen-bond acceptors (Lipinski definition) is 0. The first-order valence-electron chi connectivity index (χ1n) is 0. The minimum atomic E-state index is 0. The third kappa shape index (κ3) is 8.94. The van der Waals surface area contributed by atoms with Crippen LogP contribution in [0.3, 0.4) is 0 Å². The molecule has 0 unspecified atom stereocenters. The molecule has 0 saturated heterocycles. The number of rotatable bonds is 0. The first-order chi connectivity index (χ1) is 0. The van der Waals surface area contributed by atoms with Crippen molar-refractivity contribution in [2.24, 2.45) is 0 Å². The van der Waals surface area contributed by atoms with E-state index >= 15 is 0 Å². The van der Waals surface area contributed by atoms with Gasteiger partial charge in [-0.15, -0.1) is 0 Å². The average Bonchev–Trinajstić information content (AvgIpc) is 0. The van der Waals surface area contributed by atoms with Crippen molar-refractivity contribution in [1.29, 1.82) is 0 Å². The Labute approximate surface area is 96.8 Å². The molecule has 0 spiro atoms. The summed E-state index contributed by atoms with van der Waals surface area (Å²) in [6.07, 6.45) is 0. The van der Waals surface area contributed by atoms with Crippen LogP contribution in [0.25, 0.3) is 0 Å². The SMILES string of the molecule is [Cu].[Fe].[Sr].[Zn]. The molecule has 4 heavy (non-hydrogen) atoms. The second kappa shape index (κ2) is 16.4. The molecule has 23 valence electrons. The minimum absolute atomic E-state index is 0. The van der Waals surface area contributed by atoms with Crippen LogP contribution >= 0.6 is 0 Å². The molecule has 0 aromatic rings. The zero-order valence-corrected chi connectivity index (χ0v) is 10.6. The first-order valence-corrected chi connectivity index (χ1v) is 0. The Morgan fingerprint density at radius 2 is 1.00 bits per heavy atom. The van der Waals surface area contributed by atoms with E-state index in [9.17, 15) is 0 Å². The Hall–Kier alpha value is 3.14. The molecule has 0 nitrogen and oxygen atoms in total. The van der Waals surface area contributed by atoms with Gasteiger partial charge in [0.1, 0.15) is 0 Å². The third-order valence-corrected chi connectivity index (χ3v) is 0. The van der Waals surface area contributed by atoms with Gasteiger partial charge >= 0.3 is 0 Å². The van der Waals surface area contributed by atoms with Crippen LogP contribution in [0.1, 0.15) is 0 Å². The van der Waals surface area contributed by atoms with Gasteiger partial charge in [0, 0.05) is 99.1 Å². The van der Waals surface area contributed by atoms with Crippen LogP contribution < -0.4 is 0 Å². The van der Waals surface area contributed by atoms with Gasteiger partial charge in [0.05, 0.1) is 0 Å². The topological polar surface area (TPSA) is 0 Å². The predicted octanol–water partition coefficient (Wildman–Crippen LogP) is -0.388. The summed E-state index contributed by atoms with van der Waals surface area (Å²) in [6.45, 7) is 0. The molecular formula is CuFeSrZn. The van der Waals surface area contributed by atoms with Crippen molar-refractivity contribution >= 4 is 45.5 Å². The van der Waals surface area contributed by atoms with Gasteiger partial charge in [0.25, 0.3) is 0 Å². The van der Waals surface area contributed by atoms with E-state index in [1.807, 2.05) is 0 Å². The third-order valence-electron chi connectivity index (χ3n) is 0. The standard InChI is InChI=1S/Cu.Fe.Sr.Zn. The smallest absolute Gasteiger partial charge is 0 e. The Morgan fingerprint density at radius 3 is 1.00 bits per heavy atom. The van der Waals surface area contributed by atoms with Gasteiger partial charge in [-0.25, -0.2) is 0 Å². The second-order valence-corrected chi connectivity index (χ2v) is 0. The minimum Gasteiger partial charge on any atom is 0 e. The summed E-state index contributed by atoms with van der Waals surface area (Å²) < 4.78 is 0. The van der Waals surface area contributed by atoms with Crippen LogP contribution in [0.2, 0.25) is 0 Å². The zero-order valence-electron chi connectivity index (χ0n) is 2.07. The summed E-state index contributed by atoms with van der Waals surface area (Å²) >= 11 is 0. The van der Waals surface area contributed by atoms with Crippen molar-refractivity contribution in [1.82, 2.24) is 0 Å². The molecule has 0 amide bonds. The summed E-state index contributed by atoms with van der Waals surface area (Å²) in [5.74, 6) is 0. The zero-order chi connectivity index (χ0) is 0. The maximum absolute atomic E-state index is 0. The largest absolute Gasteiger partial charge is 0 e. The van der Waals surface area contributed by atoms with Gasteiger partial charge in [-0.05, 0) is 0 Å². The average molecular weight is 272 g/mol. The van der Waals surface area contributed by atoms with Crippen LogP contribution in [0.5, 0.6) is 0 Å². The van der Waals surface area contributed by atoms with Gasteiger partial charge in [0.2, 0.25) is 0 Å². The van der Waals surface area contributed by atoms with E-state index < -0.39 is 0 Å². The Kier molecular flexibility index (Phi) is 112.